The van der Waals surface area contributed by atoms with Crippen molar-refractivity contribution in [1.29, 1.82) is 0 Å². The Bertz CT molecular complexity index is 478. The highest BCUT2D eigenvalue weighted by Crippen LogP contribution is 2.40. The molecule has 0 aliphatic heterocycles. The van der Waals surface area contributed by atoms with Gasteiger partial charge in [-0.2, -0.15) is 0 Å². The van der Waals surface area contributed by atoms with Gasteiger partial charge in [0.2, 0.25) is 5.91 Å². The molecule has 21 heavy (non-hydrogen) atoms. The molecular weight excluding hydrogens is 262 g/mol. The van der Waals surface area contributed by atoms with Gasteiger partial charge in [-0.15, -0.1) is 0 Å². The average molecular weight is 289 g/mol. The van der Waals surface area contributed by atoms with E-state index in [0.717, 1.165) is 12.0 Å². The molecule has 0 radical (unpaired) electrons. The molecule has 0 spiro atoms. The summed E-state index contributed by atoms with van der Waals surface area (Å²) in [5.74, 6) is 0.0429. The topological polar surface area (TPSA) is 49.3 Å². The lowest BCUT2D eigenvalue weighted by Crippen LogP contribution is -2.61. The van der Waals surface area contributed by atoms with Crippen molar-refractivity contribution in [2.75, 3.05) is 0 Å². The predicted octanol–water partition coefficient (Wildman–Crippen LogP) is 2.85. The Morgan fingerprint density at radius 3 is 2.43 bits per heavy atom. The first-order valence-corrected chi connectivity index (χ1v) is 7.98. The van der Waals surface area contributed by atoms with Gasteiger partial charge in [-0.25, -0.2) is 0 Å². The van der Waals surface area contributed by atoms with Crippen molar-refractivity contribution in [3.05, 3.63) is 35.4 Å². The van der Waals surface area contributed by atoms with Gasteiger partial charge in [-0.3, -0.25) is 4.79 Å². The van der Waals surface area contributed by atoms with Crippen molar-refractivity contribution in [3.63, 3.8) is 0 Å². The molecule has 0 heterocycles. The Morgan fingerprint density at radius 2 is 1.90 bits per heavy atom. The lowest BCUT2D eigenvalue weighted by molar-refractivity contribution is -0.128. The molecule has 2 unspecified atom stereocenters. The molecular formula is C18H27NO2. The SMILES string of the molecule is CCCCc1ccc(CC(=O)NC2CC(O)C2(C)C)cc1. The minimum atomic E-state index is -0.305. The van der Waals surface area contributed by atoms with Gasteiger partial charge in [-0.05, 0) is 30.4 Å². The van der Waals surface area contributed by atoms with E-state index in [4.69, 9.17) is 0 Å². The highest BCUT2D eigenvalue weighted by Gasteiger charge is 2.47. The first-order valence-electron chi connectivity index (χ1n) is 7.98. The normalized spacial score (nSPS) is 23.4. The average Bonchev–Trinajstić information content (AvgIpc) is 2.46. The fraction of sp³-hybridized carbons (Fsp3) is 0.611. The summed E-state index contributed by atoms with van der Waals surface area (Å²) in [4.78, 5) is 12.1. The number of unbranched alkanes of at least 4 members (excludes halogenated alkanes) is 1. The van der Waals surface area contributed by atoms with Gasteiger partial charge in [0.25, 0.3) is 0 Å². The van der Waals surface area contributed by atoms with Gasteiger partial charge in [0.05, 0.1) is 12.5 Å². The molecule has 0 aromatic heterocycles. The number of aliphatic hydroxyl groups excluding tert-OH is 1. The van der Waals surface area contributed by atoms with Crippen molar-refractivity contribution in [2.24, 2.45) is 5.41 Å². The van der Waals surface area contributed by atoms with Gasteiger partial charge in [0.1, 0.15) is 0 Å². The molecule has 1 amide bonds. The second-order valence-electron chi connectivity index (χ2n) is 6.79. The molecule has 1 aliphatic rings. The Morgan fingerprint density at radius 1 is 1.29 bits per heavy atom. The van der Waals surface area contributed by atoms with Crippen LogP contribution >= 0.6 is 0 Å². The number of carbonyl (C=O) groups excluding carboxylic acids is 1. The smallest absolute Gasteiger partial charge is 0.224 e. The Hall–Kier alpha value is -1.35. The van der Waals surface area contributed by atoms with Crippen molar-refractivity contribution in [2.45, 2.75) is 65.0 Å². The van der Waals surface area contributed by atoms with Crippen molar-refractivity contribution >= 4 is 5.91 Å². The van der Waals surface area contributed by atoms with Gasteiger partial charge in [0.15, 0.2) is 0 Å². The van der Waals surface area contributed by atoms with Crippen LogP contribution in [-0.4, -0.2) is 23.2 Å². The standard InChI is InChI=1S/C18H27NO2/c1-4-5-6-13-7-9-14(10-8-13)11-17(21)19-15-12-16(20)18(15,2)3/h7-10,15-16,20H,4-6,11-12H2,1-3H3,(H,19,21). The van der Waals surface area contributed by atoms with E-state index >= 15 is 0 Å². The molecule has 116 valence electrons. The molecule has 1 fully saturated rings. The van der Waals surface area contributed by atoms with Crippen molar-refractivity contribution in [3.8, 4) is 0 Å². The first kappa shape index (κ1) is 16.0. The second-order valence-corrected chi connectivity index (χ2v) is 6.79. The van der Waals surface area contributed by atoms with Crippen molar-refractivity contribution in [1.82, 2.24) is 5.32 Å². The van der Waals surface area contributed by atoms with Crippen LogP contribution in [0.1, 0.15) is 51.2 Å². The number of nitrogens with one attached hydrogen (secondary N) is 1. The first-order chi connectivity index (χ1) is 9.93. The number of rotatable bonds is 6. The van der Waals surface area contributed by atoms with Crippen LogP contribution in [0.4, 0.5) is 0 Å². The summed E-state index contributed by atoms with van der Waals surface area (Å²) in [6.45, 7) is 6.18. The van der Waals surface area contributed by atoms with Crippen molar-refractivity contribution < 1.29 is 9.90 Å². The highest BCUT2D eigenvalue weighted by atomic mass is 16.3. The van der Waals surface area contributed by atoms with Crippen LogP contribution in [0.25, 0.3) is 0 Å². The summed E-state index contributed by atoms with van der Waals surface area (Å²) in [6.07, 6.45) is 4.29. The molecule has 2 atom stereocenters. The number of carbonyl (C=O) groups is 1. The number of aliphatic hydroxyl groups is 1. The van der Waals surface area contributed by atoms with E-state index in [0.29, 0.717) is 12.8 Å². The third-order valence-corrected chi connectivity index (χ3v) is 4.76. The molecule has 1 aliphatic carbocycles. The number of amides is 1. The molecule has 3 nitrogen and oxygen atoms in total. The highest BCUT2D eigenvalue weighted by molar-refractivity contribution is 5.79. The summed E-state index contributed by atoms with van der Waals surface area (Å²) in [5.41, 5.74) is 2.18. The fourth-order valence-electron chi connectivity index (χ4n) is 2.78. The number of benzene rings is 1. The van der Waals surface area contributed by atoms with E-state index in [-0.39, 0.29) is 23.5 Å². The van der Waals surface area contributed by atoms with E-state index in [1.807, 2.05) is 26.0 Å². The van der Waals surface area contributed by atoms with Crippen LogP contribution in [0.3, 0.4) is 0 Å². The second kappa shape index (κ2) is 6.61. The summed E-state index contributed by atoms with van der Waals surface area (Å²) in [5, 5.41) is 12.7. The fourth-order valence-corrected chi connectivity index (χ4v) is 2.78. The van der Waals surface area contributed by atoms with E-state index in [2.05, 4.69) is 24.4 Å². The van der Waals surface area contributed by atoms with Gasteiger partial charge in [-0.1, -0.05) is 51.5 Å². The van der Waals surface area contributed by atoms with Crippen LogP contribution in [0.15, 0.2) is 24.3 Å². The van der Waals surface area contributed by atoms with Crippen LogP contribution in [0.2, 0.25) is 0 Å². The summed E-state index contributed by atoms with van der Waals surface area (Å²) in [6, 6.07) is 8.42. The molecule has 2 N–H and O–H groups in total. The molecule has 3 heteroatoms. The third kappa shape index (κ3) is 3.85. The molecule has 1 saturated carbocycles. The van der Waals surface area contributed by atoms with Crippen LogP contribution in [-0.2, 0) is 17.6 Å². The molecule has 2 rings (SSSR count). The number of aryl methyl sites for hydroxylation is 1. The summed E-state index contributed by atoms with van der Waals surface area (Å²) < 4.78 is 0. The minimum absolute atomic E-state index is 0.0429. The van der Waals surface area contributed by atoms with Crippen LogP contribution < -0.4 is 5.32 Å². The largest absolute Gasteiger partial charge is 0.392 e. The summed E-state index contributed by atoms with van der Waals surface area (Å²) >= 11 is 0. The Labute approximate surface area is 127 Å². The molecule has 0 saturated heterocycles. The van der Waals surface area contributed by atoms with Gasteiger partial charge >= 0.3 is 0 Å². The zero-order chi connectivity index (χ0) is 15.5. The monoisotopic (exact) mass is 289 g/mol. The van der Waals surface area contributed by atoms with Gasteiger partial charge < -0.3 is 10.4 Å². The number of hydrogen-bond acceptors (Lipinski definition) is 2. The summed E-state index contributed by atoms with van der Waals surface area (Å²) in [7, 11) is 0. The maximum Gasteiger partial charge on any atom is 0.224 e. The lowest BCUT2D eigenvalue weighted by Gasteiger charge is -2.49. The predicted molar refractivity (Wildman–Crippen MR) is 85.1 cm³/mol. The molecule has 1 aromatic carbocycles. The van der Waals surface area contributed by atoms with E-state index in [1.54, 1.807) is 0 Å². The van der Waals surface area contributed by atoms with E-state index in [1.165, 1.54) is 18.4 Å². The zero-order valence-corrected chi connectivity index (χ0v) is 13.4. The molecule has 1 aromatic rings. The van der Waals surface area contributed by atoms with E-state index < -0.39 is 0 Å². The zero-order valence-electron chi connectivity index (χ0n) is 13.4. The van der Waals surface area contributed by atoms with E-state index in [9.17, 15) is 9.90 Å². The van der Waals surface area contributed by atoms with Gasteiger partial charge in [0, 0.05) is 11.5 Å². The third-order valence-electron chi connectivity index (χ3n) is 4.76. The lowest BCUT2D eigenvalue weighted by atomic mass is 9.64. The Kier molecular flexibility index (Phi) is 5.04. The van der Waals surface area contributed by atoms with Crippen LogP contribution in [0, 0.1) is 5.41 Å². The quantitative estimate of drug-likeness (QED) is 0.846. The maximum absolute atomic E-state index is 12.1. The Balaban J connectivity index is 1.83. The molecule has 0 bridgehead atoms. The maximum atomic E-state index is 12.1. The minimum Gasteiger partial charge on any atom is -0.392 e. The number of hydrogen-bond donors (Lipinski definition) is 2. The van der Waals surface area contributed by atoms with Crippen LogP contribution in [0.5, 0.6) is 0 Å².